The third-order valence-corrected chi connectivity index (χ3v) is 7.93. The number of carbonyl (C=O) groups is 1. The van der Waals surface area contributed by atoms with Crippen LogP contribution < -0.4 is 19.3 Å². The van der Waals surface area contributed by atoms with E-state index in [1.807, 2.05) is 19.1 Å². The quantitative estimate of drug-likeness (QED) is 0.457. The van der Waals surface area contributed by atoms with E-state index in [0.29, 0.717) is 18.0 Å². The average Bonchev–Trinajstić information content (AvgIpc) is 2.89. The lowest BCUT2D eigenvalue weighted by Crippen LogP contribution is -2.44. The van der Waals surface area contributed by atoms with Gasteiger partial charge in [-0.15, -0.1) is 0 Å². The Morgan fingerprint density at radius 1 is 0.946 bits per heavy atom. The van der Waals surface area contributed by atoms with Gasteiger partial charge in [0.05, 0.1) is 17.2 Å². The van der Waals surface area contributed by atoms with Crippen molar-refractivity contribution in [3.05, 3.63) is 78.6 Å². The largest absolute Gasteiger partial charge is 0.494 e. The lowest BCUT2D eigenvalue weighted by molar-refractivity contribution is -0.114. The molecular weight excluding hydrogens is 495 g/mol. The van der Waals surface area contributed by atoms with E-state index in [4.69, 9.17) is 4.74 Å². The van der Waals surface area contributed by atoms with Crippen LogP contribution in [0.2, 0.25) is 0 Å². The van der Waals surface area contributed by atoms with Gasteiger partial charge >= 0.3 is 0 Å². The molecular formula is C27H31FN4O4S. The van der Waals surface area contributed by atoms with Gasteiger partial charge in [-0.25, -0.2) is 12.8 Å². The Morgan fingerprint density at radius 2 is 1.57 bits per heavy atom. The third kappa shape index (κ3) is 6.58. The molecule has 1 heterocycles. The molecule has 3 aromatic rings. The van der Waals surface area contributed by atoms with Crippen molar-refractivity contribution < 1.29 is 22.3 Å². The van der Waals surface area contributed by atoms with Crippen molar-refractivity contribution in [1.29, 1.82) is 0 Å². The Balaban J connectivity index is 1.52. The Morgan fingerprint density at radius 3 is 2.16 bits per heavy atom. The molecule has 1 fully saturated rings. The van der Waals surface area contributed by atoms with Crippen LogP contribution in [0, 0.1) is 5.82 Å². The molecule has 196 valence electrons. The zero-order valence-electron chi connectivity index (χ0n) is 20.9. The van der Waals surface area contributed by atoms with Crippen molar-refractivity contribution in [2.24, 2.45) is 0 Å². The summed E-state index contributed by atoms with van der Waals surface area (Å²) in [6.07, 6.45) is 0. The van der Waals surface area contributed by atoms with E-state index in [2.05, 4.69) is 22.2 Å². The number of benzene rings is 3. The minimum atomic E-state index is -4.15. The number of anilines is 3. The topological polar surface area (TPSA) is 82.2 Å². The Bertz CT molecular complexity index is 1290. The zero-order chi connectivity index (χ0) is 26.4. The number of halogens is 1. The number of nitrogens with one attached hydrogen (secondary N) is 1. The lowest BCUT2D eigenvalue weighted by atomic mass is 10.2. The first-order chi connectivity index (χ1) is 17.8. The summed E-state index contributed by atoms with van der Waals surface area (Å²) in [7, 11) is -2.05. The fraction of sp³-hybridized carbons (Fsp3) is 0.296. The zero-order valence-corrected chi connectivity index (χ0v) is 21.7. The second-order valence-corrected chi connectivity index (χ2v) is 10.6. The highest BCUT2D eigenvalue weighted by atomic mass is 32.2. The number of sulfonamides is 1. The van der Waals surface area contributed by atoms with Gasteiger partial charge in [-0.3, -0.25) is 9.10 Å². The molecule has 8 nitrogen and oxygen atoms in total. The number of amides is 1. The normalized spacial score (nSPS) is 14.3. The molecule has 4 rings (SSSR count). The molecule has 10 heteroatoms. The van der Waals surface area contributed by atoms with Crippen LogP contribution in [0.15, 0.2) is 77.7 Å². The summed E-state index contributed by atoms with van der Waals surface area (Å²) in [5.74, 6) is -0.480. The van der Waals surface area contributed by atoms with Gasteiger partial charge in [0, 0.05) is 37.6 Å². The van der Waals surface area contributed by atoms with Gasteiger partial charge in [0.25, 0.3) is 10.0 Å². The number of hydrogen-bond acceptors (Lipinski definition) is 6. The fourth-order valence-electron chi connectivity index (χ4n) is 4.08. The summed E-state index contributed by atoms with van der Waals surface area (Å²) in [4.78, 5) is 17.4. The summed E-state index contributed by atoms with van der Waals surface area (Å²) in [5, 5.41) is 2.79. The van der Waals surface area contributed by atoms with Crippen molar-refractivity contribution in [2.45, 2.75) is 11.8 Å². The number of ether oxygens (including phenoxy) is 1. The number of nitrogens with zero attached hydrogens (tertiary/aromatic N) is 3. The maximum atomic E-state index is 13.5. The van der Waals surface area contributed by atoms with E-state index in [0.717, 1.165) is 48.3 Å². The molecule has 1 N–H and O–H groups in total. The number of hydrogen-bond donors (Lipinski definition) is 1. The molecule has 0 unspecified atom stereocenters. The first kappa shape index (κ1) is 26.4. The summed E-state index contributed by atoms with van der Waals surface area (Å²) < 4.78 is 46.8. The molecule has 0 saturated carbocycles. The Labute approximate surface area is 217 Å². The summed E-state index contributed by atoms with van der Waals surface area (Å²) in [6.45, 7) is 5.69. The van der Waals surface area contributed by atoms with E-state index in [1.165, 1.54) is 12.1 Å². The summed E-state index contributed by atoms with van der Waals surface area (Å²) >= 11 is 0. The number of carbonyl (C=O) groups excluding carboxylic acids is 1. The van der Waals surface area contributed by atoms with Crippen LogP contribution in [-0.2, 0) is 14.8 Å². The second-order valence-electron chi connectivity index (χ2n) is 8.78. The lowest BCUT2D eigenvalue weighted by Gasteiger charge is -2.34. The van der Waals surface area contributed by atoms with E-state index >= 15 is 0 Å². The van der Waals surface area contributed by atoms with E-state index in [9.17, 15) is 17.6 Å². The SMILES string of the molecule is CCOc1ccc(N(CC(=O)Nc2ccc(N3CCN(C)CC3)cc2)S(=O)(=O)c2ccc(F)cc2)cc1. The third-order valence-electron chi connectivity index (χ3n) is 6.14. The summed E-state index contributed by atoms with van der Waals surface area (Å²) in [6, 6.07) is 18.4. The average molecular weight is 527 g/mol. The molecule has 3 aromatic carbocycles. The van der Waals surface area contributed by atoms with Crippen molar-refractivity contribution in [1.82, 2.24) is 4.90 Å². The minimum absolute atomic E-state index is 0.118. The molecule has 0 spiro atoms. The first-order valence-electron chi connectivity index (χ1n) is 12.1. The molecule has 0 atom stereocenters. The van der Waals surface area contributed by atoms with Crippen LogP contribution in [0.5, 0.6) is 5.75 Å². The van der Waals surface area contributed by atoms with Gasteiger partial charge in [0.1, 0.15) is 18.1 Å². The standard InChI is InChI=1S/C27H31FN4O4S/c1-3-36-25-12-10-24(11-13-25)32(37(34,35)26-14-4-21(28)5-15-26)20-27(33)29-22-6-8-23(9-7-22)31-18-16-30(2)17-19-31/h4-15H,3,16-20H2,1-2H3,(H,29,33). The maximum absolute atomic E-state index is 13.5. The van der Waals surface area contributed by atoms with Crippen LogP contribution in [0.3, 0.4) is 0 Å². The highest BCUT2D eigenvalue weighted by Gasteiger charge is 2.27. The molecule has 1 aliphatic heterocycles. The van der Waals surface area contributed by atoms with E-state index in [1.54, 1.807) is 36.4 Å². The van der Waals surface area contributed by atoms with Gasteiger partial charge in [-0.05, 0) is 86.8 Å². The van der Waals surface area contributed by atoms with E-state index < -0.39 is 28.3 Å². The fourth-order valence-corrected chi connectivity index (χ4v) is 5.50. The highest BCUT2D eigenvalue weighted by Crippen LogP contribution is 2.26. The van der Waals surface area contributed by atoms with Gasteiger partial charge in [0.15, 0.2) is 0 Å². The molecule has 37 heavy (non-hydrogen) atoms. The monoisotopic (exact) mass is 526 g/mol. The molecule has 0 radical (unpaired) electrons. The van der Waals surface area contributed by atoms with Gasteiger partial charge in [-0.1, -0.05) is 0 Å². The van der Waals surface area contributed by atoms with Crippen molar-refractivity contribution in [3.8, 4) is 5.75 Å². The number of rotatable bonds is 9. The van der Waals surface area contributed by atoms with Crippen molar-refractivity contribution >= 4 is 33.0 Å². The molecule has 0 aliphatic carbocycles. The molecule has 1 amide bonds. The Kier molecular flexibility index (Phi) is 8.30. The Hall–Kier alpha value is -3.63. The van der Waals surface area contributed by atoms with Crippen LogP contribution in [0.25, 0.3) is 0 Å². The van der Waals surface area contributed by atoms with Crippen molar-refractivity contribution in [3.63, 3.8) is 0 Å². The van der Waals surface area contributed by atoms with Crippen LogP contribution in [0.1, 0.15) is 6.92 Å². The molecule has 1 saturated heterocycles. The van der Waals surface area contributed by atoms with Crippen molar-refractivity contribution in [2.75, 3.05) is 60.9 Å². The van der Waals surface area contributed by atoms with Gasteiger partial charge < -0.3 is 19.9 Å². The molecule has 0 bridgehead atoms. The predicted octanol–water partition coefficient (Wildman–Crippen LogP) is 3.81. The minimum Gasteiger partial charge on any atom is -0.494 e. The van der Waals surface area contributed by atoms with Crippen LogP contribution >= 0.6 is 0 Å². The summed E-state index contributed by atoms with van der Waals surface area (Å²) in [5.41, 5.74) is 1.92. The number of piperazine rings is 1. The maximum Gasteiger partial charge on any atom is 0.264 e. The molecule has 1 aliphatic rings. The van der Waals surface area contributed by atoms with Gasteiger partial charge in [0.2, 0.25) is 5.91 Å². The van der Waals surface area contributed by atoms with Gasteiger partial charge in [-0.2, -0.15) is 0 Å². The highest BCUT2D eigenvalue weighted by molar-refractivity contribution is 7.92. The molecule has 0 aromatic heterocycles. The first-order valence-corrected chi connectivity index (χ1v) is 13.5. The predicted molar refractivity (Wildman–Crippen MR) is 143 cm³/mol. The van der Waals surface area contributed by atoms with E-state index in [-0.39, 0.29) is 10.6 Å². The smallest absolute Gasteiger partial charge is 0.264 e. The van der Waals surface area contributed by atoms with Crippen LogP contribution in [-0.4, -0.2) is 65.6 Å². The second kappa shape index (κ2) is 11.6. The number of likely N-dealkylation sites (N-methyl/N-ethyl adjacent to an activating group) is 1. The van der Waals surface area contributed by atoms with Crippen LogP contribution in [0.4, 0.5) is 21.5 Å².